The molecule has 0 spiro atoms. The van der Waals surface area contributed by atoms with Crippen LogP contribution in [0.2, 0.25) is 0 Å². The summed E-state index contributed by atoms with van der Waals surface area (Å²) < 4.78 is 6.05. The van der Waals surface area contributed by atoms with Gasteiger partial charge < -0.3 is 10.1 Å². The minimum Gasteiger partial charge on any atom is -0.373 e. The Morgan fingerprint density at radius 1 is 1.25 bits per heavy atom. The van der Waals surface area contributed by atoms with E-state index in [1.165, 1.54) is 24.8 Å². The zero-order chi connectivity index (χ0) is 14.4. The second-order valence-corrected chi connectivity index (χ2v) is 6.18. The first-order valence-corrected chi connectivity index (χ1v) is 7.99. The van der Waals surface area contributed by atoms with Gasteiger partial charge in [-0.25, -0.2) is 4.98 Å². The molecule has 112 valence electrons. The zero-order valence-electron chi connectivity index (χ0n) is 13.1. The zero-order valence-corrected chi connectivity index (χ0v) is 13.1. The van der Waals surface area contributed by atoms with Crippen LogP contribution >= 0.6 is 0 Å². The van der Waals surface area contributed by atoms with E-state index in [9.17, 15) is 0 Å². The Hall–Kier alpha value is -1.09. The van der Waals surface area contributed by atoms with Gasteiger partial charge in [-0.05, 0) is 49.1 Å². The highest BCUT2D eigenvalue weighted by Crippen LogP contribution is 2.31. The predicted octanol–water partition coefficient (Wildman–Crippen LogP) is 4.24. The number of ether oxygens (including phenoxy) is 1. The molecule has 20 heavy (non-hydrogen) atoms. The lowest BCUT2D eigenvalue weighted by molar-refractivity contribution is -0.00753. The smallest absolute Gasteiger partial charge is 0.125 e. The molecule has 0 amide bonds. The molecular formula is C17H28N2O. The lowest BCUT2D eigenvalue weighted by Gasteiger charge is -2.31. The molecule has 0 radical (unpaired) electrons. The lowest BCUT2D eigenvalue weighted by atomic mass is 9.80. The van der Waals surface area contributed by atoms with Crippen LogP contribution in [-0.2, 0) is 11.3 Å². The van der Waals surface area contributed by atoms with Crippen LogP contribution in [0.15, 0.2) is 18.3 Å². The van der Waals surface area contributed by atoms with Crippen LogP contribution < -0.4 is 5.32 Å². The average Bonchev–Trinajstić information content (AvgIpc) is 2.47. The van der Waals surface area contributed by atoms with Crippen molar-refractivity contribution in [1.82, 2.24) is 4.98 Å². The van der Waals surface area contributed by atoms with Gasteiger partial charge >= 0.3 is 0 Å². The van der Waals surface area contributed by atoms with Crippen LogP contribution in [0.5, 0.6) is 0 Å². The molecule has 0 aliphatic heterocycles. The van der Waals surface area contributed by atoms with Crippen LogP contribution in [-0.4, -0.2) is 17.6 Å². The third-order valence-electron chi connectivity index (χ3n) is 4.42. The topological polar surface area (TPSA) is 34.1 Å². The number of hydrogen-bond acceptors (Lipinski definition) is 3. The summed E-state index contributed by atoms with van der Waals surface area (Å²) in [6.07, 6.45) is 7.17. The van der Waals surface area contributed by atoms with Crippen LogP contribution in [0.3, 0.4) is 0 Å². The number of hydrogen-bond donors (Lipinski definition) is 1. The van der Waals surface area contributed by atoms with Crippen molar-refractivity contribution in [2.75, 3.05) is 11.9 Å². The first-order chi connectivity index (χ1) is 9.69. The molecule has 1 heterocycles. The van der Waals surface area contributed by atoms with Gasteiger partial charge in [-0.2, -0.15) is 0 Å². The Bertz CT molecular complexity index is 390. The Kier molecular flexibility index (Phi) is 5.84. The van der Waals surface area contributed by atoms with Gasteiger partial charge in [0.1, 0.15) is 5.82 Å². The molecule has 1 fully saturated rings. The number of nitrogens with zero attached hydrogens (tertiary/aromatic N) is 1. The number of rotatable bonds is 6. The van der Waals surface area contributed by atoms with E-state index < -0.39 is 0 Å². The van der Waals surface area contributed by atoms with Gasteiger partial charge in [0, 0.05) is 12.7 Å². The van der Waals surface area contributed by atoms with Gasteiger partial charge in [-0.15, -0.1) is 0 Å². The van der Waals surface area contributed by atoms with Crippen molar-refractivity contribution in [1.29, 1.82) is 0 Å². The van der Waals surface area contributed by atoms with Crippen LogP contribution in [0.25, 0.3) is 0 Å². The number of pyridine rings is 1. The molecule has 0 bridgehead atoms. The standard InChI is InChI=1S/C17H28N2O/c1-4-9-18-17-8-6-15(11-19-17)12-20-16-7-5-13(2)14(3)10-16/h6,8,11,13-14,16H,4-5,7,9-10,12H2,1-3H3,(H,18,19). The van der Waals surface area contributed by atoms with Gasteiger partial charge in [0.15, 0.2) is 0 Å². The van der Waals surface area contributed by atoms with Crippen molar-refractivity contribution in [3.05, 3.63) is 23.9 Å². The summed E-state index contributed by atoms with van der Waals surface area (Å²) >= 11 is 0. The Morgan fingerprint density at radius 3 is 2.75 bits per heavy atom. The molecule has 3 unspecified atom stereocenters. The highest BCUT2D eigenvalue weighted by atomic mass is 16.5. The molecule has 0 saturated heterocycles. The average molecular weight is 276 g/mol. The van der Waals surface area contributed by atoms with Crippen LogP contribution in [0.1, 0.15) is 52.0 Å². The summed E-state index contributed by atoms with van der Waals surface area (Å²) in [5.74, 6) is 2.59. The molecule has 1 saturated carbocycles. The fourth-order valence-electron chi connectivity index (χ4n) is 2.73. The molecule has 1 aromatic rings. The molecule has 1 aromatic heterocycles. The minimum atomic E-state index is 0.430. The predicted molar refractivity (Wildman–Crippen MR) is 83.8 cm³/mol. The monoisotopic (exact) mass is 276 g/mol. The Labute approximate surface area is 123 Å². The summed E-state index contributed by atoms with van der Waals surface area (Å²) in [5.41, 5.74) is 1.17. The number of anilines is 1. The molecule has 2 rings (SSSR count). The summed E-state index contributed by atoms with van der Waals surface area (Å²) in [7, 11) is 0. The minimum absolute atomic E-state index is 0.430. The van der Waals surface area contributed by atoms with E-state index in [0.717, 1.165) is 30.6 Å². The molecular weight excluding hydrogens is 248 g/mol. The summed E-state index contributed by atoms with van der Waals surface area (Å²) in [4.78, 5) is 4.42. The molecule has 3 heteroatoms. The fraction of sp³-hybridized carbons (Fsp3) is 0.706. The van der Waals surface area contributed by atoms with Gasteiger partial charge in [0.05, 0.1) is 12.7 Å². The summed E-state index contributed by atoms with van der Waals surface area (Å²) in [5, 5.41) is 3.29. The van der Waals surface area contributed by atoms with E-state index in [2.05, 4.69) is 37.1 Å². The highest BCUT2D eigenvalue weighted by molar-refractivity contribution is 5.35. The van der Waals surface area contributed by atoms with E-state index in [1.54, 1.807) is 0 Å². The second-order valence-electron chi connectivity index (χ2n) is 6.18. The fourth-order valence-corrected chi connectivity index (χ4v) is 2.73. The largest absolute Gasteiger partial charge is 0.373 e. The maximum absolute atomic E-state index is 6.05. The quantitative estimate of drug-likeness (QED) is 0.843. The third kappa shape index (κ3) is 4.48. The van der Waals surface area contributed by atoms with Gasteiger partial charge in [0.25, 0.3) is 0 Å². The van der Waals surface area contributed by atoms with E-state index in [-0.39, 0.29) is 0 Å². The SMILES string of the molecule is CCCNc1ccc(COC2CCC(C)C(C)C2)cn1. The Morgan fingerprint density at radius 2 is 2.10 bits per heavy atom. The van der Waals surface area contributed by atoms with Crippen molar-refractivity contribution in [2.24, 2.45) is 11.8 Å². The second kappa shape index (κ2) is 7.63. The molecule has 1 N–H and O–H groups in total. The van der Waals surface area contributed by atoms with Crippen molar-refractivity contribution in [3.63, 3.8) is 0 Å². The maximum Gasteiger partial charge on any atom is 0.125 e. The van der Waals surface area contributed by atoms with E-state index in [1.807, 2.05) is 12.3 Å². The van der Waals surface area contributed by atoms with Crippen molar-refractivity contribution < 1.29 is 4.74 Å². The molecule has 1 aliphatic rings. The van der Waals surface area contributed by atoms with Crippen molar-refractivity contribution in [2.45, 2.75) is 59.2 Å². The lowest BCUT2D eigenvalue weighted by Crippen LogP contribution is -2.26. The van der Waals surface area contributed by atoms with E-state index >= 15 is 0 Å². The van der Waals surface area contributed by atoms with Crippen LogP contribution in [0, 0.1) is 11.8 Å². The number of aromatic nitrogens is 1. The van der Waals surface area contributed by atoms with E-state index in [0.29, 0.717) is 12.7 Å². The summed E-state index contributed by atoms with van der Waals surface area (Å²) in [6.45, 7) is 8.51. The van der Waals surface area contributed by atoms with Gasteiger partial charge in [-0.1, -0.05) is 26.8 Å². The van der Waals surface area contributed by atoms with Gasteiger partial charge in [0.2, 0.25) is 0 Å². The Balaban J connectivity index is 1.76. The van der Waals surface area contributed by atoms with Gasteiger partial charge in [-0.3, -0.25) is 0 Å². The third-order valence-corrected chi connectivity index (χ3v) is 4.42. The van der Waals surface area contributed by atoms with Crippen molar-refractivity contribution in [3.8, 4) is 0 Å². The van der Waals surface area contributed by atoms with E-state index in [4.69, 9.17) is 4.74 Å². The first kappa shape index (κ1) is 15.3. The molecule has 3 atom stereocenters. The maximum atomic E-state index is 6.05. The first-order valence-electron chi connectivity index (χ1n) is 7.99. The molecule has 0 aromatic carbocycles. The van der Waals surface area contributed by atoms with Crippen LogP contribution in [0.4, 0.5) is 5.82 Å². The highest BCUT2D eigenvalue weighted by Gasteiger charge is 2.24. The summed E-state index contributed by atoms with van der Waals surface area (Å²) in [6, 6.07) is 4.15. The number of nitrogens with one attached hydrogen (secondary N) is 1. The molecule has 1 aliphatic carbocycles. The normalized spacial score (nSPS) is 26.4. The van der Waals surface area contributed by atoms with Crippen molar-refractivity contribution >= 4 is 5.82 Å². The molecule has 3 nitrogen and oxygen atoms in total.